The zero-order chi connectivity index (χ0) is 11.9. The molecule has 1 aromatic rings. The highest BCUT2D eigenvalue weighted by Gasteiger charge is 2.13. The number of aromatic nitrogens is 1. The van der Waals surface area contributed by atoms with E-state index in [2.05, 4.69) is 15.6 Å². The minimum Gasteiger partial charge on any atom is -0.308 e. The minimum absolute atomic E-state index is 0. The van der Waals surface area contributed by atoms with Gasteiger partial charge in [-0.05, 0) is 25.3 Å². The Kier molecular flexibility index (Phi) is 7.23. The molecule has 102 valence electrons. The van der Waals surface area contributed by atoms with Crippen LogP contribution in [0.4, 0.5) is 5.13 Å². The summed E-state index contributed by atoms with van der Waals surface area (Å²) in [5.74, 6) is 0.757. The number of nitrogens with zero attached hydrogens (tertiary/aromatic N) is 1. The fourth-order valence-electron chi connectivity index (χ4n) is 2.23. The molecule has 0 unspecified atom stereocenters. The molecule has 0 bridgehead atoms. The maximum atomic E-state index is 11.5. The number of thiazole rings is 1. The third-order valence-corrected chi connectivity index (χ3v) is 3.81. The maximum Gasteiger partial charge on any atom is 0.240 e. The van der Waals surface area contributed by atoms with Crippen molar-refractivity contribution >= 4 is 34.8 Å². The largest absolute Gasteiger partial charge is 0.308 e. The maximum absolute atomic E-state index is 11.5. The Balaban J connectivity index is 0.00000162. The van der Waals surface area contributed by atoms with Crippen molar-refractivity contribution in [3.8, 4) is 0 Å². The van der Waals surface area contributed by atoms with Crippen molar-refractivity contribution in [2.45, 2.75) is 32.1 Å². The molecule has 4 nitrogen and oxygen atoms in total. The number of nitrogens with one attached hydrogen (secondary N) is 2. The lowest BCUT2D eigenvalue weighted by Gasteiger charge is -2.21. The first-order valence-corrected chi connectivity index (χ1v) is 7.12. The molecular weight excluding hydrogens is 270 g/mol. The van der Waals surface area contributed by atoms with Gasteiger partial charge >= 0.3 is 0 Å². The van der Waals surface area contributed by atoms with Gasteiger partial charge in [-0.25, -0.2) is 4.98 Å². The van der Waals surface area contributed by atoms with Crippen molar-refractivity contribution in [2.24, 2.45) is 5.92 Å². The first-order chi connectivity index (χ1) is 8.34. The summed E-state index contributed by atoms with van der Waals surface area (Å²) in [4.78, 5) is 15.6. The monoisotopic (exact) mass is 289 g/mol. The number of carbonyl (C=O) groups is 1. The Morgan fingerprint density at radius 2 is 2.17 bits per heavy atom. The first kappa shape index (κ1) is 15.4. The molecule has 0 spiro atoms. The van der Waals surface area contributed by atoms with Gasteiger partial charge in [0.15, 0.2) is 5.13 Å². The Bertz CT molecular complexity index is 339. The lowest BCUT2D eigenvalue weighted by atomic mass is 9.89. The molecule has 2 N–H and O–H groups in total. The third-order valence-electron chi connectivity index (χ3n) is 3.12. The second kappa shape index (κ2) is 8.45. The Morgan fingerprint density at radius 3 is 2.83 bits per heavy atom. The number of hydrogen-bond acceptors (Lipinski definition) is 4. The number of hydrogen-bond donors (Lipinski definition) is 2. The van der Waals surface area contributed by atoms with Gasteiger partial charge in [-0.15, -0.1) is 23.7 Å². The van der Waals surface area contributed by atoms with Crippen LogP contribution >= 0.6 is 23.7 Å². The number of amides is 1. The highest BCUT2D eigenvalue weighted by molar-refractivity contribution is 7.13. The van der Waals surface area contributed by atoms with Gasteiger partial charge in [-0.1, -0.05) is 19.3 Å². The van der Waals surface area contributed by atoms with Crippen LogP contribution in [0.15, 0.2) is 11.6 Å². The molecule has 0 aliphatic heterocycles. The van der Waals surface area contributed by atoms with Crippen LogP contribution < -0.4 is 10.6 Å². The summed E-state index contributed by atoms with van der Waals surface area (Å²) in [5, 5.41) is 8.53. The summed E-state index contributed by atoms with van der Waals surface area (Å²) in [6.07, 6.45) is 8.37. The predicted octanol–water partition coefficient (Wildman–Crippen LogP) is 2.67. The Morgan fingerprint density at radius 1 is 1.39 bits per heavy atom. The van der Waals surface area contributed by atoms with E-state index in [0.29, 0.717) is 11.7 Å². The van der Waals surface area contributed by atoms with Gasteiger partial charge in [0.2, 0.25) is 5.91 Å². The fraction of sp³-hybridized carbons (Fsp3) is 0.667. The van der Waals surface area contributed by atoms with Crippen LogP contribution in [0.3, 0.4) is 0 Å². The Labute approximate surface area is 118 Å². The molecule has 0 atom stereocenters. The van der Waals surface area contributed by atoms with Gasteiger partial charge in [-0.2, -0.15) is 0 Å². The molecule has 1 aliphatic rings. The highest BCUT2D eigenvalue weighted by atomic mass is 35.5. The van der Waals surface area contributed by atoms with Crippen molar-refractivity contribution in [2.75, 3.05) is 18.4 Å². The number of halogens is 1. The van der Waals surface area contributed by atoms with Gasteiger partial charge in [-0.3, -0.25) is 4.79 Å². The zero-order valence-corrected chi connectivity index (χ0v) is 12.0. The molecule has 1 saturated carbocycles. The van der Waals surface area contributed by atoms with Gasteiger partial charge in [0.25, 0.3) is 0 Å². The number of anilines is 1. The molecule has 1 heterocycles. The summed E-state index contributed by atoms with van der Waals surface area (Å²) < 4.78 is 0. The lowest BCUT2D eigenvalue weighted by Crippen LogP contribution is -2.32. The number of carbonyl (C=O) groups excluding carboxylic acids is 1. The van der Waals surface area contributed by atoms with Crippen LogP contribution in [0.25, 0.3) is 0 Å². The van der Waals surface area contributed by atoms with E-state index in [-0.39, 0.29) is 18.3 Å². The summed E-state index contributed by atoms with van der Waals surface area (Å²) in [6, 6.07) is 0. The van der Waals surface area contributed by atoms with E-state index in [0.717, 1.165) is 12.5 Å². The summed E-state index contributed by atoms with van der Waals surface area (Å²) in [5.41, 5.74) is 0. The average Bonchev–Trinajstić information content (AvgIpc) is 2.83. The van der Waals surface area contributed by atoms with Gasteiger partial charge in [0, 0.05) is 11.6 Å². The summed E-state index contributed by atoms with van der Waals surface area (Å²) in [7, 11) is 0. The summed E-state index contributed by atoms with van der Waals surface area (Å²) >= 11 is 1.44. The van der Waals surface area contributed by atoms with Crippen LogP contribution in [-0.4, -0.2) is 24.0 Å². The average molecular weight is 290 g/mol. The minimum atomic E-state index is -0.00393. The molecule has 1 aliphatic carbocycles. The topological polar surface area (TPSA) is 54.0 Å². The van der Waals surface area contributed by atoms with Crippen LogP contribution in [0.5, 0.6) is 0 Å². The first-order valence-electron chi connectivity index (χ1n) is 6.24. The Hall–Kier alpha value is -0.650. The molecule has 6 heteroatoms. The zero-order valence-electron chi connectivity index (χ0n) is 10.4. The molecule has 1 fully saturated rings. The van der Waals surface area contributed by atoms with E-state index in [9.17, 15) is 4.79 Å². The summed E-state index contributed by atoms with van der Waals surface area (Å²) in [6.45, 7) is 1.35. The molecule has 0 saturated heterocycles. The van der Waals surface area contributed by atoms with E-state index in [1.807, 2.05) is 5.38 Å². The highest BCUT2D eigenvalue weighted by Crippen LogP contribution is 2.22. The molecule has 0 aromatic carbocycles. The quantitative estimate of drug-likeness (QED) is 0.876. The van der Waals surface area contributed by atoms with Gasteiger partial charge in [0.05, 0.1) is 6.54 Å². The van der Waals surface area contributed by atoms with Crippen LogP contribution in [0.2, 0.25) is 0 Å². The van der Waals surface area contributed by atoms with Crippen LogP contribution in [0.1, 0.15) is 32.1 Å². The number of rotatable bonds is 5. The third kappa shape index (κ3) is 5.33. The second-order valence-corrected chi connectivity index (χ2v) is 5.41. The van der Waals surface area contributed by atoms with Crippen molar-refractivity contribution in [1.29, 1.82) is 0 Å². The molecule has 0 radical (unpaired) electrons. The van der Waals surface area contributed by atoms with Gasteiger partial charge < -0.3 is 10.6 Å². The second-order valence-electron chi connectivity index (χ2n) is 4.52. The van der Waals surface area contributed by atoms with E-state index in [4.69, 9.17) is 0 Å². The SMILES string of the molecule is Cl.O=C(CNCC1CCCCC1)Nc1nccs1. The van der Waals surface area contributed by atoms with Crippen molar-refractivity contribution in [3.63, 3.8) is 0 Å². The van der Waals surface area contributed by atoms with E-state index in [1.54, 1.807) is 6.20 Å². The van der Waals surface area contributed by atoms with E-state index in [1.165, 1.54) is 43.4 Å². The van der Waals surface area contributed by atoms with Crippen molar-refractivity contribution < 1.29 is 4.79 Å². The predicted molar refractivity (Wildman–Crippen MR) is 77.4 cm³/mol. The van der Waals surface area contributed by atoms with E-state index >= 15 is 0 Å². The lowest BCUT2D eigenvalue weighted by molar-refractivity contribution is -0.115. The standard InChI is InChI=1S/C12H19N3OS.ClH/c16-11(15-12-14-6-7-17-12)9-13-8-10-4-2-1-3-5-10;/h6-7,10,13H,1-5,8-9H2,(H,14,15,16);1H. The van der Waals surface area contributed by atoms with Crippen LogP contribution in [-0.2, 0) is 4.79 Å². The van der Waals surface area contributed by atoms with Crippen LogP contribution in [0, 0.1) is 5.92 Å². The van der Waals surface area contributed by atoms with Gasteiger partial charge in [0.1, 0.15) is 0 Å². The van der Waals surface area contributed by atoms with Crippen molar-refractivity contribution in [1.82, 2.24) is 10.3 Å². The fourth-order valence-corrected chi connectivity index (χ4v) is 2.77. The smallest absolute Gasteiger partial charge is 0.240 e. The molecule has 18 heavy (non-hydrogen) atoms. The van der Waals surface area contributed by atoms with Crippen molar-refractivity contribution in [3.05, 3.63) is 11.6 Å². The molecule has 1 aromatic heterocycles. The molecular formula is C12H20ClN3OS. The van der Waals surface area contributed by atoms with E-state index < -0.39 is 0 Å². The molecule has 1 amide bonds. The normalized spacial score (nSPS) is 16.0. The molecule has 2 rings (SSSR count).